The molecule has 10 heteroatoms. The molecule has 3 heterocycles. The van der Waals surface area contributed by atoms with Gasteiger partial charge in [-0.15, -0.1) is 0 Å². The van der Waals surface area contributed by atoms with Gasteiger partial charge in [0.2, 0.25) is 11.9 Å². The highest BCUT2D eigenvalue weighted by Crippen LogP contribution is 2.20. The van der Waals surface area contributed by atoms with Gasteiger partial charge in [-0.05, 0) is 36.8 Å². The molecule has 0 unspecified atom stereocenters. The third-order valence-electron chi connectivity index (χ3n) is 3.58. The standard InChI is InChI=1S/C17H14FN7O2/c1-9-4-5-10(18)11(7-9)20-17-23-13(22-16(19)24-17)8-14-21-15(27-25-14)12-3-2-6-26-12/h2-7H,8H2,1H3,(H3,19,20,22,23,24). The highest BCUT2D eigenvalue weighted by atomic mass is 19.1. The van der Waals surface area contributed by atoms with E-state index in [1.54, 1.807) is 24.3 Å². The molecule has 0 saturated heterocycles. The van der Waals surface area contributed by atoms with Crippen molar-refractivity contribution in [3.05, 3.63) is 59.6 Å². The Morgan fingerprint density at radius 2 is 2.00 bits per heavy atom. The summed E-state index contributed by atoms with van der Waals surface area (Å²) < 4.78 is 24.3. The number of nitrogens with two attached hydrogens (primary N) is 1. The lowest BCUT2D eigenvalue weighted by Crippen LogP contribution is -2.08. The Kier molecular flexibility index (Phi) is 4.21. The van der Waals surface area contributed by atoms with Gasteiger partial charge in [0, 0.05) is 0 Å². The zero-order valence-electron chi connectivity index (χ0n) is 14.2. The van der Waals surface area contributed by atoms with E-state index in [0.29, 0.717) is 17.4 Å². The van der Waals surface area contributed by atoms with Gasteiger partial charge in [-0.25, -0.2) is 4.39 Å². The second-order valence-corrected chi connectivity index (χ2v) is 5.71. The van der Waals surface area contributed by atoms with Crippen LogP contribution in [0.5, 0.6) is 0 Å². The number of furan rings is 1. The molecule has 136 valence electrons. The molecule has 4 rings (SSSR count). The van der Waals surface area contributed by atoms with Crippen LogP contribution in [0.1, 0.15) is 17.2 Å². The summed E-state index contributed by atoms with van der Waals surface area (Å²) in [6.45, 7) is 1.85. The van der Waals surface area contributed by atoms with Crippen LogP contribution in [-0.4, -0.2) is 25.1 Å². The molecular weight excluding hydrogens is 353 g/mol. The van der Waals surface area contributed by atoms with Crippen LogP contribution in [0.25, 0.3) is 11.7 Å². The number of aryl methyl sites for hydroxylation is 1. The molecule has 3 aromatic heterocycles. The molecule has 0 amide bonds. The van der Waals surface area contributed by atoms with Crippen LogP contribution in [0.15, 0.2) is 45.5 Å². The van der Waals surface area contributed by atoms with E-state index < -0.39 is 5.82 Å². The van der Waals surface area contributed by atoms with Crippen LogP contribution < -0.4 is 11.1 Å². The molecule has 0 aliphatic rings. The Balaban J connectivity index is 1.56. The number of halogens is 1. The van der Waals surface area contributed by atoms with Crippen LogP contribution in [0.4, 0.5) is 22.0 Å². The second-order valence-electron chi connectivity index (χ2n) is 5.71. The average molecular weight is 367 g/mol. The Labute approximate surface area is 152 Å². The maximum Gasteiger partial charge on any atom is 0.293 e. The topological polar surface area (TPSA) is 129 Å². The number of aromatic nitrogens is 5. The molecular formula is C17H14FN7O2. The van der Waals surface area contributed by atoms with Crippen LogP contribution in [0, 0.1) is 12.7 Å². The minimum absolute atomic E-state index is 0.00897. The van der Waals surface area contributed by atoms with Crippen molar-refractivity contribution in [1.82, 2.24) is 25.1 Å². The lowest BCUT2D eigenvalue weighted by molar-refractivity contribution is 0.410. The van der Waals surface area contributed by atoms with Gasteiger partial charge in [-0.1, -0.05) is 11.2 Å². The fraction of sp³-hybridized carbons (Fsp3) is 0.118. The maximum atomic E-state index is 13.9. The number of benzene rings is 1. The SMILES string of the molecule is Cc1ccc(F)c(Nc2nc(N)nc(Cc3noc(-c4ccco4)n3)n2)c1. The molecule has 0 saturated carbocycles. The van der Waals surface area contributed by atoms with Crippen LogP contribution >= 0.6 is 0 Å². The molecule has 0 aliphatic carbocycles. The summed E-state index contributed by atoms with van der Waals surface area (Å²) in [5.41, 5.74) is 6.87. The molecule has 3 N–H and O–H groups in total. The third-order valence-corrected chi connectivity index (χ3v) is 3.58. The number of nitrogens with one attached hydrogen (secondary N) is 1. The number of nitrogens with zero attached hydrogens (tertiary/aromatic N) is 5. The average Bonchev–Trinajstić information content (AvgIpc) is 3.29. The van der Waals surface area contributed by atoms with Crippen molar-refractivity contribution in [2.24, 2.45) is 0 Å². The van der Waals surface area contributed by atoms with E-state index in [0.717, 1.165) is 5.56 Å². The van der Waals surface area contributed by atoms with Crippen molar-refractivity contribution in [2.75, 3.05) is 11.1 Å². The first-order valence-electron chi connectivity index (χ1n) is 7.97. The van der Waals surface area contributed by atoms with Gasteiger partial charge in [0.05, 0.1) is 18.4 Å². The Hall–Kier alpha value is -3.82. The first-order chi connectivity index (χ1) is 13.1. The highest BCUT2D eigenvalue weighted by Gasteiger charge is 2.14. The van der Waals surface area contributed by atoms with Gasteiger partial charge in [0.15, 0.2) is 11.6 Å². The van der Waals surface area contributed by atoms with Gasteiger partial charge in [0.1, 0.15) is 11.6 Å². The zero-order valence-corrected chi connectivity index (χ0v) is 14.2. The summed E-state index contributed by atoms with van der Waals surface area (Å²) in [5.74, 6) is 1.05. The number of anilines is 3. The van der Waals surface area contributed by atoms with E-state index in [4.69, 9.17) is 14.7 Å². The molecule has 27 heavy (non-hydrogen) atoms. The van der Waals surface area contributed by atoms with E-state index in [-0.39, 0.29) is 29.9 Å². The molecule has 0 atom stereocenters. The fourth-order valence-corrected chi connectivity index (χ4v) is 2.40. The molecule has 1 aromatic carbocycles. The number of rotatable bonds is 5. The van der Waals surface area contributed by atoms with Crippen molar-refractivity contribution >= 4 is 17.6 Å². The Morgan fingerprint density at radius 3 is 2.81 bits per heavy atom. The van der Waals surface area contributed by atoms with Crippen LogP contribution in [-0.2, 0) is 6.42 Å². The maximum absolute atomic E-state index is 13.9. The predicted octanol–water partition coefficient (Wildman–Crippen LogP) is 2.88. The van der Waals surface area contributed by atoms with E-state index in [9.17, 15) is 4.39 Å². The van der Waals surface area contributed by atoms with Gasteiger partial charge in [-0.2, -0.15) is 19.9 Å². The molecule has 0 spiro atoms. The Bertz CT molecular complexity index is 1080. The summed E-state index contributed by atoms with van der Waals surface area (Å²) in [4.78, 5) is 16.5. The predicted molar refractivity (Wildman–Crippen MR) is 93.5 cm³/mol. The summed E-state index contributed by atoms with van der Waals surface area (Å²) >= 11 is 0. The van der Waals surface area contributed by atoms with E-state index >= 15 is 0 Å². The molecule has 4 aromatic rings. The van der Waals surface area contributed by atoms with Crippen molar-refractivity contribution in [2.45, 2.75) is 13.3 Å². The van der Waals surface area contributed by atoms with Gasteiger partial charge < -0.3 is 20.0 Å². The quantitative estimate of drug-likeness (QED) is 0.547. The summed E-state index contributed by atoms with van der Waals surface area (Å²) in [7, 11) is 0. The highest BCUT2D eigenvalue weighted by molar-refractivity contribution is 5.56. The number of nitrogen functional groups attached to an aromatic ring is 1. The van der Waals surface area contributed by atoms with Crippen LogP contribution in [0.3, 0.4) is 0 Å². The Morgan fingerprint density at radius 1 is 1.11 bits per heavy atom. The van der Waals surface area contributed by atoms with Crippen molar-refractivity contribution in [3.8, 4) is 11.7 Å². The molecule has 0 radical (unpaired) electrons. The fourth-order valence-electron chi connectivity index (χ4n) is 2.40. The van der Waals surface area contributed by atoms with Gasteiger partial charge >= 0.3 is 0 Å². The molecule has 9 nitrogen and oxygen atoms in total. The minimum atomic E-state index is -0.428. The van der Waals surface area contributed by atoms with Gasteiger partial charge in [0.25, 0.3) is 5.89 Å². The number of hydrogen-bond acceptors (Lipinski definition) is 9. The first kappa shape index (κ1) is 16.6. The molecule has 0 fully saturated rings. The van der Waals surface area contributed by atoms with Crippen LogP contribution in [0.2, 0.25) is 0 Å². The number of hydrogen-bond donors (Lipinski definition) is 2. The van der Waals surface area contributed by atoms with Crippen molar-refractivity contribution in [3.63, 3.8) is 0 Å². The van der Waals surface area contributed by atoms with E-state index in [1.807, 2.05) is 6.92 Å². The molecule has 0 aliphatic heterocycles. The summed E-state index contributed by atoms with van der Waals surface area (Å²) in [6.07, 6.45) is 1.66. The third kappa shape index (κ3) is 3.73. The monoisotopic (exact) mass is 367 g/mol. The summed E-state index contributed by atoms with van der Waals surface area (Å²) in [6, 6.07) is 8.09. The second kappa shape index (κ2) is 6.83. The molecule has 0 bridgehead atoms. The summed E-state index contributed by atoms with van der Waals surface area (Å²) in [5, 5.41) is 6.68. The smallest absolute Gasteiger partial charge is 0.293 e. The minimum Gasteiger partial charge on any atom is -0.459 e. The first-order valence-corrected chi connectivity index (χ1v) is 7.97. The largest absolute Gasteiger partial charge is 0.459 e. The zero-order chi connectivity index (χ0) is 18.8. The van der Waals surface area contributed by atoms with E-state index in [1.165, 1.54) is 12.3 Å². The van der Waals surface area contributed by atoms with E-state index in [2.05, 4.69) is 30.4 Å². The van der Waals surface area contributed by atoms with Gasteiger partial charge in [-0.3, -0.25) is 0 Å². The normalized spacial score (nSPS) is 10.9. The van der Waals surface area contributed by atoms with Crippen molar-refractivity contribution < 1.29 is 13.3 Å². The lowest BCUT2D eigenvalue weighted by atomic mass is 10.2. The van der Waals surface area contributed by atoms with Crippen molar-refractivity contribution in [1.29, 1.82) is 0 Å². The lowest BCUT2D eigenvalue weighted by Gasteiger charge is -2.08.